The van der Waals surface area contributed by atoms with Crippen molar-refractivity contribution in [3.05, 3.63) is 0 Å². The smallest absolute Gasteiger partial charge is 0.0594 e. The average Bonchev–Trinajstić information content (AvgIpc) is 2.12. The minimum absolute atomic E-state index is 0.177. The molecule has 0 aromatic carbocycles. The van der Waals surface area contributed by atoms with Crippen molar-refractivity contribution >= 4 is 23.2 Å². The summed E-state index contributed by atoms with van der Waals surface area (Å²) < 4.78 is 5.38. The van der Waals surface area contributed by atoms with Gasteiger partial charge in [0, 0.05) is 23.8 Å². The van der Waals surface area contributed by atoms with Crippen molar-refractivity contribution in [3.8, 4) is 0 Å². The Morgan fingerprint density at radius 1 is 1.31 bits per heavy atom. The lowest BCUT2D eigenvalue weighted by Gasteiger charge is -2.26. The minimum Gasteiger partial charge on any atom is -0.377 e. The Balaban J connectivity index is 3.50. The zero-order chi connectivity index (χ0) is 10.3. The van der Waals surface area contributed by atoms with Crippen LogP contribution < -0.4 is 5.32 Å². The number of halogens is 2. The van der Waals surface area contributed by atoms with Gasteiger partial charge in [0.15, 0.2) is 0 Å². The zero-order valence-corrected chi connectivity index (χ0v) is 10.1. The zero-order valence-electron chi connectivity index (χ0n) is 8.57. The highest BCUT2D eigenvalue weighted by Crippen LogP contribution is 2.08. The lowest BCUT2D eigenvalue weighted by Crippen LogP contribution is -2.47. The number of alkyl halides is 2. The molecule has 0 heterocycles. The molecule has 0 aliphatic carbocycles. The lowest BCUT2D eigenvalue weighted by molar-refractivity contribution is 0.0778. The molecule has 0 spiro atoms. The Morgan fingerprint density at radius 3 is 2.23 bits per heavy atom. The summed E-state index contributed by atoms with van der Waals surface area (Å²) >= 11 is 11.5. The van der Waals surface area contributed by atoms with Crippen LogP contribution >= 0.6 is 23.2 Å². The molecule has 0 aliphatic rings. The van der Waals surface area contributed by atoms with Crippen molar-refractivity contribution in [1.29, 1.82) is 0 Å². The van der Waals surface area contributed by atoms with E-state index in [4.69, 9.17) is 27.9 Å². The first kappa shape index (κ1) is 13.5. The van der Waals surface area contributed by atoms with Gasteiger partial charge in [-0.2, -0.15) is 0 Å². The first-order valence-corrected chi connectivity index (χ1v) is 5.59. The summed E-state index contributed by atoms with van der Waals surface area (Å²) in [5.41, 5.74) is -0.177. The molecular formula is C9H19Cl2NO. The molecule has 0 amide bonds. The molecule has 0 unspecified atom stereocenters. The van der Waals surface area contributed by atoms with Crippen molar-refractivity contribution in [2.45, 2.75) is 32.4 Å². The van der Waals surface area contributed by atoms with E-state index >= 15 is 0 Å². The molecule has 0 radical (unpaired) electrons. The van der Waals surface area contributed by atoms with Gasteiger partial charge in [0.1, 0.15) is 0 Å². The SMILES string of the molecule is CC(C)OCCNC(C)(CCl)CCl. The maximum atomic E-state index is 5.76. The first-order chi connectivity index (χ1) is 6.04. The van der Waals surface area contributed by atoms with E-state index in [0.717, 1.165) is 6.54 Å². The van der Waals surface area contributed by atoms with E-state index in [-0.39, 0.29) is 11.6 Å². The summed E-state index contributed by atoms with van der Waals surface area (Å²) in [6.07, 6.45) is 0.278. The van der Waals surface area contributed by atoms with E-state index in [9.17, 15) is 0 Å². The molecular weight excluding hydrogens is 209 g/mol. The van der Waals surface area contributed by atoms with Gasteiger partial charge in [-0.3, -0.25) is 0 Å². The Hall–Kier alpha value is 0.500. The van der Waals surface area contributed by atoms with Gasteiger partial charge >= 0.3 is 0 Å². The Bertz CT molecular complexity index is 127. The van der Waals surface area contributed by atoms with Crippen LogP contribution in [0.4, 0.5) is 0 Å². The topological polar surface area (TPSA) is 21.3 Å². The second kappa shape index (κ2) is 6.88. The Kier molecular flexibility index (Phi) is 7.15. The molecule has 0 rings (SSSR count). The summed E-state index contributed by atoms with van der Waals surface area (Å²) in [5.74, 6) is 1.02. The molecule has 1 N–H and O–H groups in total. The third kappa shape index (κ3) is 6.55. The van der Waals surface area contributed by atoms with Gasteiger partial charge in [-0.15, -0.1) is 23.2 Å². The number of hydrogen-bond donors (Lipinski definition) is 1. The van der Waals surface area contributed by atoms with Crippen LogP contribution in [0.25, 0.3) is 0 Å². The van der Waals surface area contributed by atoms with E-state index in [2.05, 4.69) is 5.32 Å². The standard InChI is InChI=1S/C9H19Cl2NO/c1-8(2)13-5-4-12-9(3,6-10)7-11/h8,12H,4-7H2,1-3H3. The predicted molar refractivity (Wildman–Crippen MR) is 58.9 cm³/mol. The fourth-order valence-corrected chi connectivity index (χ4v) is 1.25. The molecule has 0 aromatic heterocycles. The van der Waals surface area contributed by atoms with Gasteiger partial charge in [0.2, 0.25) is 0 Å². The maximum absolute atomic E-state index is 5.76. The molecule has 0 aromatic rings. The molecule has 0 atom stereocenters. The molecule has 0 aliphatic heterocycles. The molecule has 4 heteroatoms. The van der Waals surface area contributed by atoms with Gasteiger partial charge in [0.05, 0.1) is 12.7 Å². The van der Waals surface area contributed by atoms with Gasteiger partial charge in [-0.1, -0.05) is 0 Å². The third-order valence-electron chi connectivity index (χ3n) is 1.69. The van der Waals surface area contributed by atoms with E-state index in [1.54, 1.807) is 0 Å². The highest BCUT2D eigenvalue weighted by atomic mass is 35.5. The summed E-state index contributed by atoms with van der Waals surface area (Å²) in [5, 5.41) is 3.26. The number of hydrogen-bond acceptors (Lipinski definition) is 2. The van der Waals surface area contributed by atoms with Crippen LogP contribution in [0.3, 0.4) is 0 Å². The molecule has 80 valence electrons. The average molecular weight is 228 g/mol. The fraction of sp³-hybridized carbons (Fsp3) is 1.00. The predicted octanol–water partition coefficient (Wildman–Crippen LogP) is 2.24. The van der Waals surface area contributed by atoms with Crippen molar-refractivity contribution < 1.29 is 4.74 Å². The fourth-order valence-electron chi connectivity index (χ4n) is 0.778. The molecule has 13 heavy (non-hydrogen) atoms. The van der Waals surface area contributed by atoms with E-state index < -0.39 is 0 Å². The van der Waals surface area contributed by atoms with Crippen LogP contribution in [0, 0.1) is 0 Å². The van der Waals surface area contributed by atoms with Crippen molar-refractivity contribution in [3.63, 3.8) is 0 Å². The van der Waals surface area contributed by atoms with Gasteiger partial charge < -0.3 is 10.1 Å². The largest absolute Gasteiger partial charge is 0.377 e. The van der Waals surface area contributed by atoms with Gasteiger partial charge in [-0.25, -0.2) is 0 Å². The quantitative estimate of drug-likeness (QED) is 0.533. The van der Waals surface area contributed by atoms with E-state index in [1.807, 2.05) is 20.8 Å². The Labute approximate surface area is 90.9 Å². The molecule has 2 nitrogen and oxygen atoms in total. The highest BCUT2D eigenvalue weighted by molar-refractivity contribution is 6.22. The lowest BCUT2D eigenvalue weighted by atomic mass is 10.1. The van der Waals surface area contributed by atoms with E-state index in [0.29, 0.717) is 18.4 Å². The van der Waals surface area contributed by atoms with Crippen LogP contribution in [0.15, 0.2) is 0 Å². The second-order valence-corrected chi connectivity index (χ2v) is 4.21. The summed E-state index contributed by atoms with van der Waals surface area (Å²) in [4.78, 5) is 0. The monoisotopic (exact) mass is 227 g/mol. The van der Waals surface area contributed by atoms with Crippen molar-refractivity contribution in [1.82, 2.24) is 5.32 Å². The number of nitrogens with one attached hydrogen (secondary N) is 1. The van der Waals surface area contributed by atoms with Crippen molar-refractivity contribution in [2.24, 2.45) is 0 Å². The van der Waals surface area contributed by atoms with Crippen LogP contribution in [-0.2, 0) is 4.74 Å². The van der Waals surface area contributed by atoms with Crippen LogP contribution in [0.5, 0.6) is 0 Å². The molecule has 0 bridgehead atoms. The van der Waals surface area contributed by atoms with Gasteiger partial charge in [0.25, 0.3) is 0 Å². The van der Waals surface area contributed by atoms with Crippen LogP contribution in [-0.4, -0.2) is 36.6 Å². The molecule has 0 fully saturated rings. The molecule has 0 saturated carbocycles. The second-order valence-electron chi connectivity index (χ2n) is 3.67. The van der Waals surface area contributed by atoms with Gasteiger partial charge in [-0.05, 0) is 20.8 Å². The normalized spacial score (nSPS) is 12.5. The summed E-state index contributed by atoms with van der Waals surface area (Å²) in [6, 6.07) is 0. The minimum atomic E-state index is -0.177. The number of rotatable bonds is 7. The number of ether oxygens (including phenoxy) is 1. The third-order valence-corrected chi connectivity index (χ3v) is 2.87. The van der Waals surface area contributed by atoms with Crippen LogP contribution in [0.2, 0.25) is 0 Å². The highest BCUT2D eigenvalue weighted by Gasteiger charge is 2.20. The summed E-state index contributed by atoms with van der Waals surface area (Å²) in [6.45, 7) is 7.52. The van der Waals surface area contributed by atoms with Crippen molar-refractivity contribution in [2.75, 3.05) is 24.9 Å². The van der Waals surface area contributed by atoms with Crippen LogP contribution in [0.1, 0.15) is 20.8 Å². The molecule has 0 saturated heterocycles. The maximum Gasteiger partial charge on any atom is 0.0594 e. The Morgan fingerprint density at radius 2 is 1.85 bits per heavy atom. The summed E-state index contributed by atoms with van der Waals surface area (Å²) in [7, 11) is 0. The first-order valence-electron chi connectivity index (χ1n) is 4.52. The van der Waals surface area contributed by atoms with E-state index in [1.165, 1.54) is 0 Å².